The molecule has 0 aliphatic carbocycles. The Balaban J connectivity index is 2.00. The summed E-state index contributed by atoms with van der Waals surface area (Å²) >= 11 is 2.12. The SMILES string of the molecule is O=C(Cc1cc(=O)c2cccc(I)c2o1)c1ccccc1. The van der Waals surface area contributed by atoms with Crippen LogP contribution in [0.1, 0.15) is 16.1 Å². The molecule has 0 bridgehead atoms. The van der Waals surface area contributed by atoms with Crippen molar-refractivity contribution in [1.29, 1.82) is 0 Å². The largest absolute Gasteiger partial charge is 0.459 e. The van der Waals surface area contributed by atoms with E-state index in [9.17, 15) is 9.59 Å². The molecule has 3 nitrogen and oxygen atoms in total. The van der Waals surface area contributed by atoms with Crippen LogP contribution in [-0.4, -0.2) is 5.78 Å². The van der Waals surface area contributed by atoms with Crippen molar-refractivity contribution in [2.45, 2.75) is 6.42 Å². The molecule has 0 aliphatic heterocycles. The second-order valence-corrected chi connectivity index (χ2v) is 5.82. The fourth-order valence-corrected chi connectivity index (χ4v) is 2.77. The van der Waals surface area contributed by atoms with Crippen LogP contribution in [0.15, 0.2) is 63.8 Å². The molecule has 0 amide bonds. The summed E-state index contributed by atoms with van der Waals surface area (Å²) < 4.78 is 6.59. The summed E-state index contributed by atoms with van der Waals surface area (Å²) in [6.45, 7) is 0. The van der Waals surface area contributed by atoms with Crippen molar-refractivity contribution in [3.8, 4) is 0 Å². The Morgan fingerprint density at radius 1 is 1.05 bits per heavy atom. The molecule has 3 aromatic rings. The highest BCUT2D eigenvalue weighted by Gasteiger charge is 2.12. The maximum Gasteiger partial charge on any atom is 0.193 e. The molecule has 0 saturated heterocycles. The van der Waals surface area contributed by atoms with Crippen LogP contribution in [0, 0.1) is 3.57 Å². The van der Waals surface area contributed by atoms with Crippen molar-refractivity contribution in [2.75, 3.05) is 0 Å². The molecule has 4 heteroatoms. The number of carbonyl (C=O) groups excluding carboxylic acids is 1. The molecule has 1 aromatic heterocycles. The van der Waals surface area contributed by atoms with Gasteiger partial charge in [0.1, 0.15) is 5.76 Å². The molecule has 0 aliphatic rings. The quantitative estimate of drug-likeness (QED) is 0.505. The van der Waals surface area contributed by atoms with Crippen LogP contribution in [0.3, 0.4) is 0 Å². The highest BCUT2D eigenvalue weighted by molar-refractivity contribution is 14.1. The van der Waals surface area contributed by atoms with Crippen LogP contribution in [0.25, 0.3) is 11.0 Å². The number of carbonyl (C=O) groups is 1. The number of fused-ring (bicyclic) bond motifs is 1. The molecule has 21 heavy (non-hydrogen) atoms. The topological polar surface area (TPSA) is 47.3 Å². The number of para-hydroxylation sites is 1. The van der Waals surface area contributed by atoms with Crippen LogP contribution in [0.2, 0.25) is 0 Å². The van der Waals surface area contributed by atoms with Crippen LogP contribution in [-0.2, 0) is 6.42 Å². The minimum atomic E-state index is -0.120. The minimum Gasteiger partial charge on any atom is -0.459 e. The minimum absolute atomic E-state index is 0.0657. The molecule has 0 radical (unpaired) electrons. The van der Waals surface area contributed by atoms with Crippen molar-refractivity contribution in [2.24, 2.45) is 0 Å². The van der Waals surface area contributed by atoms with Crippen molar-refractivity contribution < 1.29 is 9.21 Å². The summed E-state index contributed by atoms with van der Waals surface area (Å²) in [6.07, 6.45) is 0.0835. The lowest BCUT2D eigenvalue weighted by atomic mass is 10.1. The Morgan fingerprint density at radius 3 is 2.57 bits per heavy atom. The predicted octanol–water partition coefficient (Wildman–Crippen LogP) is 3.82. The number of benzene rings is 2. The van der Waals surface area contributed by atoms with E-state index in [2.05, 4.69) is 22.6 Å². The van der Waals surface area contributed by atoms with Gasteiger partial charge in [-0.1, -0.05) is 36.4 Å². The van der Waals surface area contributed by atoms with Crippen molar-refractivity contribution in [3.63, 3.8) is 0 Å². The summed E-state index contributed by atoms with van der Waals surface area (Å²) in [5.74, 6) is 0.328. The van der Waals surface area contributed by atoms with E-state index in [1.165, 1.54) is 6.07 Å². The lowest BCUT2D eigenvalue weighted by Gasteiger charge is -2.04. The van der Waals surface area contributed by atoms with Gasteiger partial charge in [0.15, 0.2) is 16.8 Å². The molecule has 0 saturated carbocycles. The van der Waals surface area contributed by atoms with E-state index in [0.29, 0.717) is 22.3 Å². The second-order valence-electron chi connectivity index (χ2n) is 4.66. The van der Waals surface area contributed by atoms with Crippen molar-refractivity contribution in [3.05, 3.63) is 79.7 Å². The van der Waals surface area contributed by atoms with Gasteiger partial charge in [-0.2, -0.15) is 0 Å². The fourth-order valence-electron chi connectivity index (χ4n) is 2.16. The van der Waals surface area contributed by atoms with Gasteiger partial charge in [-0.25, -0.2) is 0 Å². The fraction of sp³-hybridized carbons (Fsp3) is 0.0588. The lowest BCUT2D eigenvalue weighted by molar-refractivity contribution is 0.0987. The molecule has 0 N–H and O–H groups in total. The number of hydrogen-bond acceptors (Lipinski definition) is 3. The van der Waals surface area contributed by atoms with Gasteiger partial charge in [0, 0.05) is 11.6 Å². The first kappa shape index (κ1) is 14.0. The van der Waals surface area contributed by atoms with E-state index in [4.69, 9.17) is 4.42 Å². The first-order valence-electron chi connectivity index (χ1n) is 6.44. The molecule has 1 heterocycles. The van der Waals surface area contributed by atoms with Gasteiger partial charge >= 0.3 is 0 Å². The normalized spacial score (nSPS) is 10.7. The van der Waals surface area contributed by atoms with E-state index in [-0.39, 0.29) is 17.6 Å². The van der Waals surface area contributed by atoms with Gasteiger partial charge < -0.3 is 4.42 Å². The standard InChI is InChI=1S/C17H11IO3/c18-14-8-4-7-13-16(20)10-12(21-17(13)14)9-15(19)11-5-2-1-3-6-11/h1-8,10H,9H2. The second kappa shape index (κ2) is 5.81. The number of ketones is 1. The Kier molecular flexibility index (Phi) is 3.88. The average molecular weight is 390 g/mol. The van der Waals surface area contributed by atoms with Gasteiger partial charge in [0.05, 0.1) is 15.4 Å². The highest BCUT2D eigenvalue weighted by Crippen LogP contribution is 2.20. The number of halogens is 1. The van der Waals surface area contributed by atoms with Crippen LogP contribution in [0.5, 0.6) is 0 Å². The monoisotopic (exact) mass is 390 g/mol. The van der Waals surface area contributed by atoms with E-state index in [0.717, 1.165) is 3.57 Å². The average Bonchev–Trinajstić information content (AvgIpc) is 2.49. The van der Waals surface area contributed by atoms with E-state index < -0.39 is 0 Å². The summed E-state index contributed by atoms with van der Waals surface area (Å²) in [5, 5.41) is 0.540. The molecule has 0 unspecified atom stereocenters. The number of rotatable bonds is 3. The van der Waals surface area contributed by atoms with Crippen molar-refractivity contribution in [1.82, 2.24) is 0 Å². The Labute approximate surface area is 134 Å². The summed E-state index contributed by atoms with van der Waals surface area (Å²) in [4.78, 5) is 24.3. The Morgan fingerprint density at radius 2 is 1.81 bits per heavy atom. The molecule has 0 spiro atoms. The third-order valence-corrected chi connectivity index (χ3v) is 4.04. The van der Waals surface area contributed by atoms with E-state index >= 15 is 0 Å². The molecule has 104 valence electrons. The molecule has 0 atom stereocenters. The van der Waals surface area contributed by atoms with Gasteiger partial charge in [-0.05, 0) is 34.7 Å². The maximum absolute atomic E-state index is 12.2. The zero-order valence-corrected chi connectivity index (χ0v) is 13.2. The summed E-state index contributed by atoms with van der Waals surface area (Å²) in [6, 6.07) is 15.8. The molecule has 2 aromatic carbocycles. The molecular weight excluding hydrogens is 379 g/mol. The molecule has 0 fully saturated rings. The Bertz CT molecular complexity index is 866. The zero-order valence-electron chi connectivity index (χ0n) is 11.0. The third kappa shape index (κ3) is 2.90. The summed E-state index contributed by atoms with van der Waals surface area (Å²) in [7, 11) is 0. The maximum atomic E-state index is 12.2. The van der Waals surface area contributed by atoms with E-state index in [1.54, 1.807) is 18.2 Å². The van der Waals surface area contributed by atoms with Gasteiger partial charge in [0.25, 0.3) is 0 Å². The van der Waals surface area contributed by atoms with Crippen LogP contribution >= 0.6 is 22.6 Å². The van der Waals surface area contributed by atoms with E-state index in [1.807, 2.05) is 30.3 Å². The number of hydrogen-bond donors (Lipinski definition) is 0. The Hall–Kier alpha value is -1.95. The van der Waals surface area contributed by atoms with Crippen LogP contribution in [0.4, 0.5) is 0 Å². The third-order valence-electron chi connectivity index (χ3n) is 3.19. The lowest BCUT2D eigenvalue weighted by Crippen LogP contribution is -2.08. The van der Waals surface area contributed by atoms with Gasteiger partial charge in [-0.15, -0.1) is 0 Å². The van der Waals surface area contributed by atoms with Gasteiger partial charge in [-0.3, -0.25) is 9.59 Å². The summed E-state index contributed by atoms with van der Waals surface area (Å²) in [5.41, 5.74) is 1.04. The molecular formula is C17H11IO3. The predicted molar refractivity (Wildman–Crippen MR) is 89.7 cm³/mol. The smallest absolute Gasteiger partial charge is 0.193 e. The highest BCUT2D eigenvalue weighted by atomic mass is 127. The zero-order chi connectivity index (χ0) is 14.8. The van der Waals surface area contributed by atoms with Crippen molar-refractivity contribution >= 4 is 39.3 Å². The first-order valence-corrected chi connectivity index (χ1v) is 7.52. The molecule has 3 rings (SSSR count). The number of Topliss-reactive ketones (excluding diaryl/α,β-unsaturated/α-hetero) is 1. The van der Waals surface area contributed by atoms with Gasteiger partial charge in [0.2, 0.25) is 0 Å². The first-order chi connectivity index (χ1) is 10.1. The van der Waals surface area contributed by atoms with Crippen LogP contribution < -0.4 is 5.43 Å².